The molecular weight excluding hydrogens is 350 g/mol. The number of ether oxygens (including phenoxy) is 1. The topological polar surface area (TPSA) is 45.7 Å². The van der Waals surface area contributed by atoms with Crippen LogP contribution in [0.15, 0.2) is 72.9 Å². The molecule has 0 aliphatic carbocycles. The summed E-state index contributed by atoms with van der Waals surface area (Å²) in [5, 5.41) is 0. The van der Waals surface area contributed by atoms with Crippen molar-refractivity contribution < 1.29 is 9.53 Å². The van der Waals surface area contributed by atoms with Crippen molar-refractivity contribution in [3.8, 4) is 5.75 Å². The van der Waals surface area contributed by atoms with E-state index in [1.807, 2.05) is 92.6 Å². The zero-order chi connectivity index (χ0) is 19.9. The van der Waals surface area contributed by atoms with Crippen LogP contribution in [0.5, 0.6) is 5.75 Å². The summed E-state index contributed by atoms with van der Waals surface area (Å²) in [5.74, 6) is 1.15. The van der Waals surface area contributed by atoms with Crippen molar-refractivity contribution in [1.82, 2.24) is 4.98 Å². The molecule has 28 heavy (non-hydrogen) atoms. The quantitative estimate of drug-likeness (QED) is 0.625. The molecule has 5 nitrogen and oxygen atoms in total. The van der Waals surface area contributed by atoms with Gasteiger partial charge in [0.15, 0.2) is 6.61 Å². The maximum Gasteiger partial charge on any atom is 0.266 e. The van der Waals surface area contributed by atoms with E-state index in [1.54, 1.807) is 11.1 Å². The maximum atomic E-state index is 12.9. The number of hydrogen-bond acceptors (Lipinski definition) is 4. The number of carbonyl (C=O) groups excluding carboxylic acids is 1. The van der Waals surface area contributed by atoms with Crippen LogP contribution in [0.4, 0.5) is 11.5 Å². The van der Waals surface area contributed by atoms with Gasteiger partial charge < -0.3 is 9.64 Å². The van der Waals surface area contributed by atoms with Crippen molar-refractivity contribution in [2.24, 2.45) is 0 Å². The molecule has 0 saturated heterocycles. The molecule has 3 aromatic rings. The molecule has 0 fully saturated rings. The second kappa shape index (κ2) is 9.04. The fourth-order valence-corrected chi connectivity index (χ4v) is 2.82. The lowest BCUT2D eigenvalue weighted by Gasteiger charge is -2.22. The molecule has 1 amide bonds. The van der Waals surface area contributed by atoms with Crippen LogP contribution in [0.2, 0.25) is 0 Å². The van der Waals surface area contributed by atoms with E-state index in [0.717, 1.165) is 16.8 Å². The van der Waals surface area contributed by atoms with Gasteiger partial charge in [-0.25, -0.2) is 4.98 Å². The molecule has 2 aromatic carbocycles. The number of amides is 1. The fourth-order valence-electron chi connectivity index (χ4n) is 2.82. The summed E-state index contributed by atoms with van der Waals surface area (Å²) in [6, 6.07) is 21.4. The van der Waals surface area contributed by atoms with Gasteiger partial charge in [0.25, 0.3) is 5.91 Å². The molecule has 1 heterocycles. The molecule has 0 saturated carbocycles. The van der Waals surface area contributed by atoms with E-state index in [-0.39, 0.29) is 12.5 Å². The lowest BCUT2D eigenvalue weighted by Crippen LogP contribution is -2.35. The van der Waals surface area contributed by atoms with Gasteiger partial charge in [-0.2, -0.15) is 0 Å². The minimum atomic E-state index is -0.142. The van der Waals surface area contributed by atoms with E-state index in [9.17, 15) is 4.79 Å². The van der Waals surface area contributed by atoms with Crippen LogP contribution >= 0.6 is 0 Å². The first kappa shape index (κ1) is 19.4. The van der Waals surface area contributed by atoms with Gasteiger partial charge in [0.05, 0.1) is 6.54 Å². The minimum Gasteiger partial charge on any atom is -0.484 e. The van der Waals surface area contributed by atoms with Crippen LogP contribution in [-0.2, 0) is 11.3 Å². The van der Waals surface area contributed by atoms with E-state index >= 15 is 0 Å². The molecule has 1 aromatic heterocycles. The maximum absolute atomic E-state index is 12.9. The Morgan fingerprint density at radius 3 is 2.43 bits per heavy atom. The third-order valence-corrected chi connectivity index (χ3v) is 4.37. The number of carbonyl (C=O) groups is 1. The number of pyridine rings is 1. The molecule has 5 heteroatoms. The van der Waals surface area contributed by atoms with Crippen LogP contribution in [0, 0.1) is 6.92 Å². The summed E-state index contributed by atoms with van der Waals surface area (Å²) in [4.78, 5) is 21.0. The minimum absolute atomic E-state index is 0.0458. The van der Waals surface area contributed by atoms with Gasteiger partial charge in [-0.05, 0) is 54.4 Å². The number of aromatic nitrogens is 1. The molecule has 0 spiro atoms. The Hall–Kier alpha value is -3.34. The summed E-state index contributed by atoms with van der Waals surface area (Å²) in [5.41, 5.74) is 3.23. The largest absolute Gasteiger partial charge is 0.484 e. The van der Waals surface area contributed by atoms with Crippen molar-refractivity contribution in [1.29, 1.82) is 0 Å². The molecule has 0 aliphatic rings. The molecular formula is C23H25N3O2. The van der Waals surface area contributed by atoms with Crippen LogP contribution in [0.25, 0.3) is 0 Å². The average molecular weight is 375 g/mol. The van der Waals surface area contributed by atoms with Crippen molar-refractivity contribution >= 4 is 17.4 Å². The van der Waals surface area contributed by atoms with Gasteiger partial charge in [0.2, 0.25) is 0 Å². The molecule has 0 radical (unpaired) electrons. The van der Waals surface area contributed by atoms with E-state index < -0.39 is 0 Å². The highest BCUT2D eigenvalue weighted by Crippen LogP contribution is 2.18. The lowest BCUT2D eigenvalue weighted by atomic mass is 10.2. The van der Waals surface area contributed by atoms with Gasteiger partial charge in [-0.15, -0.1) is 0 Å². The van der Waals surface area contributed by atoms with Gasteiger partial charge in [-0.3, -0.25) is 9.69 Å². The Kier molecular flexibility index (Phi) is 6.27. The normalized spacial score (nSPS) is 10.4. The summed E-state index contributed by atoms with van der Waals surface area (Å²) in [7, 11) is 4.00. The Bertz CT molecular complexity index is 909. The van der Waals surface area contributed by atoms with Gasteiger partial charge in [0.1, 0.15) is 11.6 Å². The van der Waals surface area contributed by atoms with Crippen LogP contribution in [0.3, 0.4) is 0 Å². The highest BCUT2D eigenvalue weighted by molar-refractivity contribution is 5.93. The van der Waals surface area contributed by atoms with Crippen molar-refractivity contribution in [3.63, 3.8) is 0 Å². The van der Waals surface area contributed by atoms with Crippen LogP contribution < -0.4 is 14.5 Å². The predicted octanol–water partition coefficient (Wildman–Crippen LogP) is 4.07. The Morgan fingerprint density at radius 1 is 1.00 bits per heavy atom. The Labute approximate surface area is 166 Å². The number of nitrogens with zero attached hydrogens (tertiary/aromatic N) is 3. The van der Waals surface area contributed by atoms with Gasteiger partial charge >= 0.3 is 0 Å². The third kappa shape index (κ3) is 5.10. The fraction of sp³-hybridized carbons (Fsp3) is 0.217. The first-order valence-corrected chi connectivity index (χ1v) is 9.20. The Morgan fingerprint density at radius 2 is 1.79 bits per heavy atom. The van der Waals surface area contributed by atoms with E-state index in [2.05, 4.69) is 4.98 Å². The van der Waals surface area contributed by atoms with Crippen molar-refractivity contribution in [3.05, 3.63) is 84.1 Å². The van der Waals surface area contributed by atoms with Gasteiger partial charge in [-0.1, -0.05) is 30.3 Å². The standard InChI is InChI=1S/C23H25N3O2/c1-18-7-6-8-21(15-18)28-17-23(27)26(22-9-4-5-14-24-22)16-19-10-12-20(13-11-19)25(2)3/h4-15H,16-17H2,1-3H3. The van der Waals surface area contributed by atoms with Gasteiger partial charge in [0, 0.05) is 26.0 Å². The molecule has 0 bridgehead atoms. The third-order valence-electron chi connectivity index (χ3n) is 4.37. The smallest absolute Gasteiger partial charge is 0.266 e. The summed E-state index contributed by atoms with van der Waals surface area (Å²) in [6.45, 7) is 2.38. The summed E-state index contributed by atoms with van der Waals surface area (Å²) >= 11 is 0. The molecule has 144 valence electrons. The molecule has 0 atom stereocenters. The second-order valence-corrected chi connectivity index (χ2v) is 6.83. The van der Waals surface area contributed by atoms with Crippen LogP contribution in [0.1, 0.15) is 11.1 Å². The highest BCUT2D eigenvalue weighted by atomic mass is 16.5. The highest BCUT2D eigenvalue weighted by Gasteiger charge is 2.18. The number of aryl methyl sites for hydroxylation is 1. The summed E-state index contributed by atoms with van der Waals surface area (Å²) in [6.07, 6.45) is 1.69. The average Bonchev–Trinajstić information content (AvgIpc) is 2.71. The second-order valence-electron chi connectivity index (χ2n) is 6.83. The molecule has 0 unspecified atom stereocenters. The van der Waals surface area contributed by atoms with Crippen molar-refractivity contribution in [2.75, 3.05) is 30.5 Å². The number of anilines is 2. The van der Waals surface area contributed by atoms with Crippen molar-refractivity contribution in [2.45, 2.75) is 13.5 Å². The number of hydrogen-bond donors (Lipinski definition) is 0. The molecule has 0 aliphatic heterocycles. The van der Waals surface area contributed by atoms with E-state index in [1.165, 1.54) is 0 Å². The first-order chi connectivity index (χ1) is 13.5. The zero-order valence-electron chi connectivity index (χ0n) is 16.5. The van der Waals surface area contributed by atoms with Crippen LogP contribution in [-0.4, -0.2) is 31.6 Å². The van der Waals surface area contributed by atoms with E-state index in [4.69, 9.17) is 4.74 Å². The summed E-state index contributed by atoms with van der Waals surface area (Å²) < 4.78 is 5.71. The molecule has 3 rings (SSSR count). The Balaban J connectivity index is 1.76. The number of rotatable bonds is 7. The molecule has 0 N–H and O–H groups in total. The zero-order valence-corrected chi connectivity index (χ0v) is 16.5. The lowest BCUT2D eigenvalue weighted by molar-refractivity contribution is -0.120. The monoisotopic (exact) mass is 375 g/mol. The number of benzene rings is 2. The predicted molar refractivity (Wildman–Crippen MR) is 113 cm³/mol. The van der Waals surface area contributed by atoms with E-state index in [0.29, 0.717) is 18.1 Å². The SMILES string of the molecule is Cc1cccc(OCC(=O)N(Cc2ccc(N(C)C)cc2)c2ccccn2)c1. The first-order valence-electron chi connectivity index (χ1n) is 9.20.